The van der Waals surface area contributed by atoms with E-state index in [1.807, 2.05) is 24.3 Å². The second-order valence-electron chi connectivity index (χ2n) is 5.37. The third-order valence-electron chi connectivity index (χ3n) is 3.98. The zero-order valence-corrected chi connectivity index (χ0v) is 12.2. The number of para-hydroxylation sites is 1. The van der Waals surface area contributed by atoms with Crippen LogP contribution in [0, 0.1) is 5.92 Å². The van der Waals surface area contributed by atoms with Gasteiger partial charge in [-0.15, -0.1) is 12.4 Å². The summed E-state index contributed by atoms with van der Waals surface area (Å²) >= 11 is 0. The molecule has 1 aromatic carbocycles. The predicted molar refractivity (Wildman–Crippen MR) is 80.3 cm³/mol. The first-order chi connectivity index (χ1) is 9.33. The Kier molecular flexibility index (Phi) is 5.26. The van der Waals surface area contributed by atoms with Crippen LogP contribution in [-0.2, 0) is 4.79 Å². The number of hydrogen-bond acceptors (Lipinski definition) is 3. The van der Waals surface area contributed by atoms with E-state index in [1.165, 1.54) is 6.42 Å². The minimum Gasteiger partial charge on any atom is -0.491 e. The summed E-state index contributed by atoms with van der Waals surface area (Å²) in [6.07, 6.45) is 2.79. The molecule has 1 amide bonds. The van der Waals surface area contributed by atoms with Crippen LogP contribution >= 0.6 is 12.4 Å². The van der Waals surface area contributed by atoms with Crippen molar-refractivity contribution in [1.82, 2.24) is 10.6 Å². The van der Waals surface area contributed by atoms with Crippen molar-refractivity contribution in [2.24, 2.45) is 5.92 Å². The van der Waals surface area contributed by atoms with Gasteiger partial charge in [-0.05, 0) is 37.9 Å². The van der Waals surface area contributed by atoms with E-state index in [0.29, 0.717) is 18.9 Å². The normalized spacial score (nSPS) is 23.6. The van der Waals surface area contributed by atoms with Gasteiger partial charge in [0, 0.05) is 12.0 Å². The molecular formula is C15H21ClN2O2. The summed E-state index contributed by atoms with van der Waals surface area (Å²) in [4.78, 5) is 12.0. The van der Waals surface area contributed by atoms with Gasteiger partial charge in [-0.2, -0.15) is 0 Å². The van der Waals surface area contributed by atoms with Gasteiger partial charge < -0.3 is 15.4 Å². The molecule has 1 saturated heterocycles. The molecule has 0 bridgehead atoms. The monoisotopic (exact) mass is 296 g/mol. The van der Waals surface area contributed by atoms with Crippen molar-refractivity contribution in [2.45, 2.75) is 25.3 Å². The van der Waals surface area contributed by atoms with Crippen molar-refractivity contribution < 1.29 is 9.53 Å². The quantitative estimate of drug-likeness (QED) is 0.894. The fraction of sp³-hybridized carbons (Fsp3) is 0.533. The molecule has 2 aliphatic heterocycles. The molecule has 2 heterocycles. The third kappa shape index (κ3) is 3.44. The fourth-order valence-electron chi connectivity index (χ4n) is 2.84. The Morgan fingerprint density at radius 1 is 1.40 bits per heavy atom. The average molecular weight is 297 g/mol. The number of amides is 1. The molecule has 5 heteroatoms. The minimum absolute atomic E-state index is 0. The van der Waals surface area contributed by atoms with Gasteiger partial charge in [0.25, 0.3) is 0 Å². The zero-order valence-electron chi connectivity index (χ0n) is 11.4. The van der Waals surface area contributed by atoms with E-state index in [9.17, 15) is 4.79 Å². The van der Waals surface area contributed by atoms with E-state index in [0.717, 1.165) is 30.8 Å². The Morgan fingerprint density at radius 3 is 3.05 bits per heavy atom. The van der Waals surface area contributed by atoms with E-state index >= 15 is 0 Å². The van der Waals surface area contributed by atoms with Gasteiger partial charge in [0.1, 0.15) is 12.4 Å². The van der Waals surface area contributed by atoms with Crippen molar-refractivity contribution in [3.63, 3.8) is 0 Å². The Morgan fingerprint density at radius 2 is 2.25 bits per heavy atom. The van der Waals surface area contributed by atoms with Crippen molar-refractivity contribution >= 4 is 18.3 Å². The first-order valence-corrected chi connectivity index (χ1v) is 7.05. The van der Waals surface area contributed by atoms with Gasteiger partial charge in [-0.25, -0.2) is 0 Å². The maximum atomic E-state index is 12.0. The molecule has 4 nitrogen and oxygen atoms in total. The van der Waals surface area contributed by atoms with E-state index in [-0.39, 0.29) is 24.4 Å². The average Bonchev–Trinajstić information content (AvgIpc) is 3.07. The van der Waals surface area contributed by atoms with E-state index in [4.69, 9.17) is 4.74 Å². The Hall–Kier alpha value is -1.26. The van der Waals surface area contributed by atoms with Crippen LogP contribution in [0.3, 0.4) is 0 Å². The van der Waals surface area contributed by atoms with Crippen LogP contribution in [-0.4, -0.2) is 25.6 Å². The molecule has 0 spiro atoms. The molecule has 0 radical (unpaired) electrons. The Bertz CT molecular complexity index is 461. The van der Waals surface area contributed by atoms with Crippen LogP contribution in [0.5, 0.6) is 5.75 Å². The van der Waals surface area contributed by atoms with Crippen LogP contribution in [0.2, 0.25) is 0 Å². The number of nitrogens with one attached hydrogen (secondary N) is 2. The van der Waals surface area contributed by atoms with E-state index < -0.39 is 0 Å². The standard InChI is InChI=1S/C15H20N2O2.ClH/c18-15(6-5-11-7-8-16-9-11)17-13-10-19-14-4-2-1-3-12(13)14;/h1-4,11,13,16H,5-10H2,(H,17,18);1H. The Labute approximate surface area is 125 Å². The Balaban J connectivity index is 0.00000147. The van der Waals surface area contributed by atoms with Gasteiger partial charge in [-0.3, -0.25) is 4.79 Å². The number of carbonyl (C=O) groups is 1. The highest BCUT2D eigenvalue weighted by Crippen LogP contribution is 2.31. The number of fused-ring (bicyclic) bond motifs is 1. The molecule has 1 fully saturated rings. The lowest BCUT2D eigenvalue weighted by molar-refractivity contribution is -0.122. The number of halogens is 1. The zero-order chi connectivity index (χ0) is 13.1. The van der Waals surface area contributed by atoms with Gasteiger partial charge in [0.05, 0.1) is 6.04 Å². The molecule has 2 atom stereocenters. The summed E-state index contributed by atoms with van der Waals surface area (Å²) in [7, 11) is 0. The third-order valence-corrected chi connectivity index (χ3v) is 3.98. The molecule has 1 aromatic rings. The molecule has 2 unspecified atom stereocenters. The van der Waals surface area contributed by atoms with Gasteiger partial charge in [-0.1, -0.05) is 18.2 Å². The fourth-order valence-corrected chi connectivity index (χ4v) is 2.84. The van der Waals surface area contributed by atoms with Crippen molar-refractivity contribution in [1.29, 1.82) is 0 Å². The van der Waals surface area contributed by atoms with E-state index in [2.05, 4.69) is 10.6 Å². The molecule has 2 N–H and O–H groups in total. The largest absolute Gasteiger partial charge is 0.491 e. The predicted octanol–water partition coefficient (Wildman–Crippen LogP) is 2.05. The lowest BCUT2D eigenvalue weighted by Gasteiger charge is -2.13. The second kappa shape index (κ2) is 6.95. The molecule has 0 saturated carbocycles. The summed E-state index contributed by atoms with van der Waals surface area (Å²) in [6.45, 7) is 2.70. The number of rotatable bonds is 4. The molecule has 0 aliphatic carbocycles. The van der Waals surface area contributed by atoms with Crippen LogP contribution in [0.15, 0.2) is 24.3 Å². The lowest BCUT2D eigenvalue weighted by atomic mass is 10.0. The summed E-state index contributed by atoms with van der Waals surface area (Å²) in [5.41, 5.74) is 1.10. The summed E-state index contributed by atoms with van der Waals surface area (Å²) < 4.78 is 5.57. The van der Waals surface area contributed by atoms with Crippen LogP contribution in [0.1, 0.15) is 30.9 Å². The smallest absolute Gasteiger partial charge is 0.220 e. The lowest BCUT2D eigenvalue weighted by Crippen LogP contribution is -2.29. The van der Waals surface area contributed by atoms with Gasteiger partial charge in [0.15, 0.2) is 0 Å². The van der Waals surface area contributed by atoms with Crippen molar-refractivity contribution in [2.75, 3.05) is 19.7 Å². The maximum Gasteiger partial charge on any atom is 0.220 e. The second-order valence-corrected chi connectivity index (χ2v) is 5.37. The number of hydrogen-bond donors (Lipinski definition) is 2. The number of carbonyl (C=O) groups excluding carboxylic acids is 1. The molecule has 0 aromatic heterocycles. The highest BCUT2D eigenvalue weighted by molar-refractivity contribution is 5.85. The number of benzene rings is 1. The van der Waals surface area contributed by atoms with Crippen molar-refractivity contribution in [3.8, 4) is 5.75 Å². The first kappa shape index (κ1) is 15.1. The first-order valence-electron chi connectivity index (χ1n) is 7.05. The van der Waals surface area contributed by atoms with Crippen molar-refractivity contribution in [3.05, 3.63) is 29.8 Å². The topological polar surface area (TPSA) is 50.4 Å². The molecule has 3 rings (SSSR count). The summed E-state index contributed by atoms with van der Waals surface area (Å²) in [5.74, 6) is 1.70. The number of ether oxygens (including phenoxy) is 1. The maximum absolute atomic E-state index is 12.0. The van der Waals surface area contributed by atoms with Crippen LogP contribution < -0.4 is 15.4 Å². The molecule has 110 valence electrons. The van der Waals surface area contributed by atoms with Crippen LogP contribution in [0.25, 0.3) is 0 Å². The minimum atomic E-state index is 0. The summed E-state index contributed by atoms with van der Waals surface area (Å²) in [5, 5.41) is 6.41. The molecular weight excluding hydrogens is 276 g/mol. The summed E-state index contributed by atoms with van der Waals surface area (Å²) in [6, 6.07) is 7.93. The highest BCUT2D eigenvalue weighted by atomic mass is 35.5. The van der Waals surface area contributed by atoms with Gasteiger partial charge >= 0.3 is 0 Å². The van der Waals surface area contributed by atoms with E-state index in [1.54, 1.807) is 0 Å². The van der Waals surface area contributed by atoms with Gasteiger partial charge in [0.2, 0.25) is 5.91 Å². The highest BCUT2D eigenvalue weighted by Gasteiger charge is 2.25. The van der Waals surface area contributed by atoms with Crippen LogP contribution in [0.4, 0.5) is 0 Å². The molecule has 20 heavy (non-hydrogen) atoms. The molecule has 2 aliphatic rings. The SMILES string of the molecule is Cl.O=C(CCC1CCNC1)NC1COc2ccccc21.